The van der Waals surface area contributed by atoms with Crippen molar-refractivity contribution in [3.8, 4) is 0 Å². The molecule has 0 saturated carbocycles. The minimum Gasteiger partial charge on any atom is -0.396 e. The summed E-state index contributed by atoms with van der Waals surface area (Å²) < 4.78 is 25.3. The average molecular weight is 235 g/mol. The first-order valence-corrected chi connectivity index (χ1v) is 7.15. The van der Waals surface area contributed by atoms with E-state index >= 15 is 0 Å². The molecule has 1 aliphatic rings. The number of nitrogens with zero attached hydrogens (tertiary/aromatic N) is 1. The fourth-order valence-electron chi connectivity index (χ4n) is 1.78. The smallest absolute Gasteiger partial charge is 0.214 e. The number of aliphatic hydroxyl groups excluding tert-OH is 1. The fourth-order valence-corrected chi connectivity index (χ4v) is 3.58. The van der Waals surface area contributed by atoms with Gasteiger partial charge >= 0.3 is 0 Å². The fraction of sp³-hybridized carbons (Fsp3) is 1.00. The molecule has 1 unspecified atom stereocenters. The largest absolute Gasteiger partial charge is 0.396 e. The van der Waals surface area contributed by atoms with Crippen molar-refractivity contribution < 1.29 is 13.5 Å². The van der Waals surface area contributed by atoms with Crippen molar-refractivity contribution in [2.45, 2.75) is 26.7 Å². The molecule has 15 heavy (non-hydrogen) atoms. The molecule has 0 aromatic carbocycles. The van der Waals surface area contributed by atoms with Crippen LogP contribution in [0.15, 0.2) is 0 Å². The first-order chi connectivity index (χ1) is 6.95. The minimum absolute atomic E-state index is 0.0660. The van der Waals surface area contributed by atoms with Gasteiger partial charge in [-0.25, -0.2) is 12.7 Å². The molecule has 1 saturated heterocycles. The van der Waals surface area contributed by atoms with Crippen LogP contribution in [-0.2, 0) is 10.0 Å². The molecule has 0 amide bonds. The summed E-state index contributed by atoms with van der Waals surface area (Å²) in [6.45, 7) is 5.12. The molecule has 0 aliphatic carbocycles. The topological polar surface area (TPSA) is 57.6 Å². The lowest BCUT2D eigenvalue weighted by atomic mass is 10.0. The minimum atomic E-state index is -3.14. The zero-order valence-electron chi connectivity index (χ0n) is 9.52. The Kier molecular flexibility index (Phi) is 4.55. The van der Waals surface area contributed by atoms with Crippen LogP contribution < -0.4 is 0 Å². The maximum atomic E-state index is 11.9. The number of sulfonamides is 1. The van der Waals surface area contributed by atoms with E-state index in [4.69, 9.17) is 5.11 Å². The second kappa shape index (κ2) is 5.27. The van der Waals surface area contributed by atoms with E-state index in [1.54, 1.807) is 11.2 Å². The van der Waals surface area contributed by atoms with Crippen molar-refractivity contribution in [2.75, 3.05) is 25.4 Å². The van der Waals surface area contributed by atoms with Crippen LogP contribution in [0.5, 0.6) is 0 Å². The monoisotopic (exact) mass is 235 g/mol. The number of aliphatic hydroxyl groups is 1. The van der Waals surface area contributed by atoms with Crippen molar-refractivity contribution in [1.82, 2.24) is 4.31 Å². The Morgan fingerprint density at radius 3 is 2.40 bits per heavy atom. The van der Waals surface area contributed by atoms with Gasteiger partial charge in [-0.2, -0.15) is 0 Å². The summed E-state index contributed by atoms with van der Waals surface area (Å²) in [6, 6.07) is 0. The summed E-state index contributed by atoms with van der Waals surface area (Å²) in [7, 11) is -3.14. The van der Waals surface area contributed by atoms with Gasteiger partial charge in [0.1, 0.15) is 0 Å². The zero-order valence-corrected chi connectivity index (χ0v) is 10.3. The van der Waals surface area contributed by atoms with Gasteiger partial charge in [0, 0.05) is 19.7 Å². The summed E-state index contributed by atoms with van der Waals surface area (Å²) in [4.78, 5) is 0. The molecule has 0 aromatic heterocycles. The Bertz CT molecular complexity index is 281. The van der Waals surface area contributed by atoms with E-state index in [9.17, 15) is 8.42 Å². The molecule has 5 heteroatoms. The van der Waals surface area contributed by atoms with Gasteiger partial charge in [-0.1, -0.05) is 13.8 Å². The predicted octanol–water partition coefficient (Wildman–Crippen LogP) is 0.676. The number of rotatable bonds is 4. The summed E-state index contributed by atoms with van der Waals surface area (Å²) in [5.41, 5.74) is 0. The quantitative estimate of drug-likeness (QED) is 0.779. The Balaban J connectivity index is 2.54. The van der Waals surface area contributed by atoms with Crippen LogP contribution in [-0.4, -0.2) is 43.3 Å². The lowest BCUT2D eigenvalue weighted by molar-refractivity contribution is 0.244. The van der Waals surface area contributed by atoms with Gasteiger partial charge in [0.2, 0.25) is 10.0 Å². The number of hydrogen-bond acceptors (Lipinski definition) is 3. The van der Waals surface area contributed by atoms with E-state index in [2.05, 4.69) is 6.92 Å². The van der Waals surface area contributed by atoms with Crippen LogP contribution in [0.4, 0.5) is 0 Å². The molecule has 4 nitrogen and oxygen atoms in total. The van der Waals surface area contributed by atoms with Gasteiger partial charge in [0.05, 0.1) is 5.75 Å². The second-order valence-corrected chi connectivity index (χ2v) is 6.66. The SMILES string of the molecule is CC1CCN(S(=O)(=O)CC(C)CO)CC1. The Hall–Kier alpha value is -0.130. The van der Waals surface area contributed by atoms with Crippen LogP contribution >= 0.6 is 0 Å². The summed E-state index contributed by atoms with van der Waals surface area (Å²) in [5, 5.41) is 8.86. The highest BCUT2D eigenvalue weighted by Crippen LogP contribution is 2.19. The van der Waals surface area contributed by atoms with Crippen molar-refractivity contribution in [3.63, 3.8) is 0 Å². The van der Waals surface area contributed by atoms with Crippen LogP contribution in [0.2, 0.25) is 0 Å². The predicted molar refractivity (Wildman–Crippen MR) is 60.0 cm³/mol. The first kappa shape index (κ1) is 12.9. The molecule has 0 aromatic rings. The van der Waals surface area contributed by atoms with Crippen LogP contribution in [0, 0.1) is 11.8 Å². The molecule has 1 fully saturated rings. The highest BCUT2D eigenvalue weighted by Gasteiger charge is 2.27. The molecule has 1 aliphatic heterocycles. The van der Waals surface area contributed by atoms with Crippen molar-refractivity contribution in [2.24, 2.45) is 11.8 Å². The van der Waals surface area contributed by atoms with E-state index in [0.717, 1.165) is 12.8 Å². The second-order valence-electron chi connectivity index (χ2n) is 4.65. The molecule has 1 rings (SSSR count). The molecule has 1 atom stereocenters. The van der Waals surface area contributed by atoms with Crippen LogP contribution in [0.25, 0.3) is 0 Å². The van der Waals surface area contributed by atoms with E-state index in [-0.39, 0.29) is 18.3 Å². The first-order valence-electron chi connectivity index (χ1n) is 5.54. The lowest BCUT2D eigenvalue weighted by Gasteiger charge is -2.30. The Morgan fingerprint density at radius 2 is 1.93 bits per heavy atom. The van der Waals surface area contributed by atoms with Gasteiger partial charge in [0.15, 0.2) is 0 Å². The van der Waals surface area contributed by atoms with E-state index in [1.807, 2.05) is 0 Å². The molecular formula is C10H21NO3S. The Morgan fingerprint density at radius 1 is 1.40 bits per heavy atom. The summed E-state index contributed by atoms with van der Waals surface area (Å²) >= 11 is 0. The third-order valence-electron chi connectivity index (χ3n) is 2.94. The zero-order chi connectivity index (χ0) is 11.5. The summed E-state index contributed by atoms with van der Waals surface area (Å²) in [6.07, 6.45) is 1.90. The van der Waals surface area contributed by atoms with Crippen LogP contribution in [0.3, 0.4) is 0 Å². The van der Waals surface area contributed by atoms with Gasteiger partial charge in [0.25, 0.3) is 0 Å². The molecular weight excluding hydrogens is 214 g/mol. The van der Waals surface area contributed by atoms with Gasteiger partial charge in [-0.3, -0.25) is 0 Å². The Labute approximate surface area is 92.3 Å². The molecule has 0 radical (unpaired) electrons. The molecule has 0 bridgehead atoms. The molecule has 90 valence electrons. The third-order valence-corrected chi connectivity index (χ3v) is 5.09. The van der Waals surface area contributed by atoms with Crippen molar-refractivity contribution >= 4 is 10.0 Å². The maximum Gasteiger partial charge on any atom is 0.214 e. The standard InChI is InChI=1S/C10H21NO3S/c1-9-3-5-11(6-4-9)15(13,14)8-10(2)7-12/h9-10,12H,3-8H2,1-2H3. The molecule has 0 spiro atoms. The van der Waals surface area contributed by atoms with Gasteiger partial charge in [-0.15, -0.1) is 0 Å². The van der Waals surface area contributed by atoms with Crippen LogP contribution in [0.1, 0.15) is 26.7 Å². The highest BCUT2D eigenvalue weighted by molar-refractivity contribution is 7.89. The van der Waals surface area contributed by atoms with Gasteiger partial charge < -0.3 is 5.11 Å². The number of hydrogen-bond donors (Lipinski definition) is 1. The maximum absolute atomic E-state index is 11.9. The van der Waals surface area contributed by atoms with Gasteiger partial charge in [-0.05, 0) is 24.7 Å². The summed E-state index contributed by atoms with van der Waals surface area (Å²) in [5.74, 6) is 0.527. The number of piperidine rings is 1. The van der Waals surface area contributed by atoms with E-state index in [0.29, 0.717) is 19.0 Å². The lowest BCUT2D eigenvalue weighted by Crippen LogP contribution is -2.40. The molecule has 1 N–H and O–H groups in total. The molecule has 1 heterocycles. The highest BCUT2D eigenvalue weighted by atomic mass is 32.2. The van der Waals surface area contributed by atoms with E-state index in [1.165, 1.54) is 0 Å². The van der Waals surface area contributed by atoms with Crippen molar-refractivity contribution in [1.29, 1.82) is 0 Å². The normalized spacial score (nSPS) is 22.9. The average Bonchev–Trinajstić information content (AvgIpc) is 2.17. The van der Waals surface area contributed by atoms with E-state index < -0.39 is 10.0 Å². The third kappa shape index (κ3) is 3.74. The van der Waals surface area contributed by atoms with Crippen molar-refractivity contribution in [3.05, 3.63) is 0 Å².